The van der Waals surface area contributed by atoms with Crippen molar-refractivity contribution in [2.75, 3.05) is 0 Å². The Morgan fingerprint density at radius 1 is 0.923 bits per heavy atom. The van der Waals surface area contributed by atoms with E-state index in [1.165, 1.54) is 28.6 Å². The molecule has 0 aromatic heterocycles. The van der Waals surface area contributed by atoms with Gasteiger partial charge in [-0.25, -0.2) is 0 Å². The van der Waals surface area contributed by atoms with Gasteiger partial charge in [-0.15, -0.1) is 0 Å². The molecule has 1 aliphatic rings. The van der Waals surface area contributed by atoms with E-state index in [0.29, 0.717) is 12.8 Å². The van der Waals surface area contributed by atoms with Gasteiger partial charge in [0.05, 0.1) is 0 Å². The number of nitrogens with zero attached hydrogens (tertiary/aromatic N) is 1. The third-order valence-corrected chi connectivity index (χ3v) is 8.33. The van der Waals surface area contributed by atoms with Crippen LogP contribution in [0.15, 0.2) is 65.7 Å². The van der Waals surface area contributed by atoms with E-state index in [1.54, 1.807) is 0 Å². The molecule has 26 heavy (non-hydrogen) atoms. The van der Waals surface area contributed by atoms with Crippen molar-refractivity contribution in [2.24, 2.45) is 4.99 Å². The van der Waals surface area contributed by atoms with Crippen LogP contribution < -0.4 is 0 Å². The fraction of sp³-hybridized carbons (Fsp3) is 0.435. The Balaban J connectivity index is 2.07. The molecule has 2 nitrogen and oxygen atoms in total. The van der Waals surface area contributed by atoms with E-state index in [1.807, 2.05) is 6.92 Å². The summed E-state index contributed by atoms with van der Waals surface area (Å²) in [6, 6.07) is 21.5. The first-order valence-electron chi connectivity index (χ1n) is 9.73. The van der Waals surface area contributed by atoms with Crippen LogP contribution in [0.3, 0.4) is 0 Å². The molecule has 1 heterocycles. The van der Waals surface area contributed by atoms with E-state index < -0.39 is 5.72 Å². The summed E-state index contributed by atoms with van der Waals surface area (Å²) in [7, 11) is 0. The number of hydrogen-bond donors (Lipinski definition) is 1. The van der Waals surface area contributed by atoms with Gasteiger partial charge >= 0.3 is 164 Å². The van der Waals surface area contributed by atoms with Gasteiger partial charge in [0, 0.05) is 0 Å². The Morgan fingerprint density at radius 3 is 2.00 bits per heavy atom. The predicted octanol–water partition coefficient (Wildman–Crippen LogP) is 5.12. The van der Waals surface area contributed by atoms with Crippen molar-refractivity contribution >= 4 is 19.6 Å². The quantitative estimate of drug-likeness (QED) is 0.495. The molecule has 0 saturated heterocycles. The molecule has 0 bridgehead atoms. The van der Waals surface area contributed by atoms with Crippen LogP contribution >= 0.6 is 0 Å². The first-order valence-corrected chi connectivity index (χ1v) is 11.4. The zero-order chi connectivity index (χ0) is 18.5. The molecule has 0 aliphatic carbocycles. The van der Waals surface area contributed by atoms with E-state index in [4.69, 9.17) is 4.99 Å². The van der Waals surface area contributed by atoms with Crippen LogP contribution in [0.2, 0.25) is 0 Å². The number of hydrogen-bond acceptors (Lipinski definition) is 2. The van der Waals surface area contributed by atoms with E-state index in [0.717, 1.165) is 12.8 Å². The predicted molar refractivity (Wildman–Crippen MR) is 111 cm³/mol. The summed E-state index contributed by atoms with van der Waals surface area (Å²) in [4.78, 5) is 4.85. The van der Waals surface area contributed by atoms with Gasteiger partial charge in [-0.1, -0.05) is 0 Å². The summed E-state index contributed by atoms with van der Waals surface area (Å²) in [5.41, 5.74) is 1.65. The van der Waals surface area contributed by atoms with Crippen molar-refractivity contribution in [2.45, 2.75) is 62.4 Å². The first kappa shape index (κ1) is 19.4. The Hall–Kier alpha value is -1.41. The fourth-order valence-corrected chi connectivity index (χ4v) is 7.19. The van der Waals surface area contributed by atoms with Gasteiger partial charge in [0.25, 0.3) is 0 Å². The summed E-state index contributed by atoms with van der Waals surface area (Å²) in [6.07, 6.45) is 5.93. The second-order valence-electron chi connectivity index (χ2n) is 7.14. The molecule has 2 aromatic carbocycles. The SMILES string of the molecule is CCCCCC1=NC(O)(CC)CC(c2ccccc2)(c2ccccc2)[Se]1. The van der Waals surface area contributed by atoms with Crippen LogP contribution in [-0.4, -0.2) is 30.4 Å². The van der Waals surface area contributed by atoms with Crippen LogP contribution in [0.25, 0.3) is 0 Å². The second-order valence-corrected chi connectivity index (χ2v) is 10.0. The van der Waals surface area contributed by atoms with E-state index in [-0.39, 0.29) is 19.3 Å². The number of rotatable bonds is 7. The zero-order valence-electron chi connectivity index (χ0n) is 15.8. The molecular formula is C23H29NOSe. The minimum absolute atomic E-state index is 0.149. The molecule has 0 spiro atoms. The third kappa shape index (κ3) is 4.11. The number of unbranched alkanes of at least 4 members (excludes halogenated alkanes) is 2. The van der Waals surface area contributed by atoms with Crippen LogP contribution in [0.5, 0.6) is 0 Å². The summed E-state index contributed by atoms with van der Waals surface area (Å²) in [5, 5.41) is 11.3. The van der Waals surface area contributed by atoms with E-state index >= 15 is 0 Å². The number of benzene rings is 2. The third-order valence-electron chi connectivity index (χ3n) is 5.20. The maximum atomic E-state index is 11.3. The molecule has 1 N–H and O–H groups in total. The Bertz CT molecular complexity index is 689. The average Bonchev–Trinajstić information content (AvgIpc) is 2.69. The summed E-state index contributed by atoms with van der Waals surface area (Å²) >= 11 is 0.185. The molecule has 3 heteroatoms. The summed E-state index contributed by atoms with van der Waals surface area (Å²) in [5.74, 6) is 0. The van der Waals surface area contributed by atoms with Gasteiger partial charge in [0.2, 0.25) is 0 Å². The number of aliphatic imine (C=N–C) groups is 1. The normalized spacial score (nSPS) is 22.0. The summed E-state index contributed by atoms with van der Waals surface area (Å²) < 4.78 is 1.08. The van der Waals surface area contributed by atoms with Crippen molar-refractivity contribution in [1.82, 2.24) is 0 Å². The van der Waals surface area contributed by atoms with Crippen molar-refractivity contribution in [3.05, 3.63) is 71.8 Å². The maximum absolute atomic E-state index is 11.3. The van der Waals surface area contributed by atoms with Crippen molar-refractivity contribution in [1.29, 1.82) is 0 Å². The monoisotopic (exact) mass is 415 g/mol. The molecule has 1 aliphatic heterocycles. The minimum atomic E-state index is -0.965. The van der Waals surface area contributed by atoms with Gasteiger partial charge in [-0.05, 0) is 0 Å². The molecule has 0 saturated carbocycles. The number of aliphatic hydroxyl groups is 1. The van der Waals surface area contributed by atoms with Crippen molar-refractivity contribution < 1.29 is 5.11 Å². The first-order chi connectivity index (χ1) is 12.6. The van der Waals surface area contributed by atoms with Crippen LogP contribution in [0.4, 0.5) is 0 Å². The van der Waals surface area contributed by atoms with E-state index in [2.05, 4.69) is 67.6 Å². The molecule has 0 amide bonds. The molecule has 0 fully saturated rings. The molecular weight excluding hydrogens is 385 g/mol. The second kappa shape index (κ2) is 8.52. The summed E-state index contributed by atoms with van der Waals surface area (Å²) in [6.45, 7) is 4.28. The van der Waals surface area contributed by atoms with Crippen LogP contribution in [-0.2, 0) is 4.31 Å². The standard InChI is InChI=1S/C23H29NOSe/c1-3-5-8-17-21-24-22(25,4-2)18-23(26-21,19-13-9-6-10-14-19)20-15-11-7-12-16-20/h6-7,9-16,25H,3-5,8,17-18H2,1-2H3. The molecule has 0 radical (unpaired) electrons. The molecule has 3 rings (SSSR count). The van der Waals surface area contributed by atoms with Crippen molar-refractivity contribution in [3.63, 3.8) is 0 Å². The van der Waals surface area contributed by atoms with Crippen molar-refractivity contribution in [3.8, 4) is 0 Å². The van der Waals surface area contributed by atoms with Gasteiger partial charge in [0.15, 0.2) is 0 Å². The molecule has 1 atom stereocenters. The van der Waals surface area contributed by atoms with Gasteiger partial charge in [-0.2, -0.15) is 0 Å². The molecule has 2 aromatic rings. The molecule has 138 valence electrons. The Labute approximate surface area is 163 Å². The zero-order valence-corrected chi connectivity index (χ0v) is 17.5. The van der Waals surface area contributed by atoms with Crippen LogP contribution in [0, 0.1) is 0 Å². The van der Waals surface area contributed by atoms with Gasteiger partial charge < -0.3 is 0 Å². The Kier molecular flexibility index (Phi) is 6.34. The Morgan fingerprint density at radius 2 is 1.50 bits per heavy atom. The van der Waals surface area contributed by atoms with Gasteiger partial charge in [-0.3, -0.25) is 0 Å². The van der Waals surface area contributed by atoms with E-state index in [9.17, 15) is 5.11 Å². The fourth-order valence-electron chi connectivity index (χ4n) is 3.67. The molecule has 1 unspecified atom stereocenters. The topological polar surface area (TPSA) is 32.6 Å². The average molecular weight is 414 g/mol. The van der Waals surface area contributed by atoms with Gasteiger partial charge in [0.1, 0.15) is 0 Å². The van der Waals surface area contributed by atoms with Crippen LogP contribution in [0.1, 0.15) is 63.5 Å².